The molecule has 0 aromatic heterocycles. The summed E-state index contributed by atoms with van der Waals surface area (Å²) in [5, 5.41) is 10.2. The number of hydrogen-bond acceptors (Lipinski definition) is 7. The van der Waals surface area contributed by atoms with Gasteiger partial charge >= 0.3 is 0 Å². The number of morpholine rings is 1. The van der Waals surface area contributed by atoms with Crippen LogP contribution < -0.4 is 0 Å². The lowest BCUT2D eigenvalue weighted by Gasteiger charge is -2.39. The zero-order valence-electron chi connectivity index (χ0n) is 23.8. The first-order valence-corrected chi connectivity index (χ1v) is 15.2. The predicted octanol–water partition coefficient (Wildman–Crippen LogP) is 1.62. The maximum atomic E-state index is 14.5. The van der Waals surface area contributed by atoms with Crippen LogP contribution in [-0.2, 0) is 19.1 Å². The number of thioether (sulfide) groups is 1. The first kappa shape index (κ1) is 30.1. The molecule has 1 N–H and O–H groups in total. The first-order valence-electron chi connectivity index (χ1n) is 14.4. The van der Waals surface area contributed by atoms with Crippen molar-refractivity contribution in [2.45, 2.75) is 61.6 Å². The molecule has 0 aliphatic carbocycles. The van der Waals surface area contributed by atoms with Crippen LogP contribution in [0.2, 0.25) is 0 Å². The Kier molecular flexibility index (Phi) is 9.51. The maximum absolute atomic E-state index is 14.5. The van der Waals surface area contributed by atoms with Crippen LogP contribution in [0.5, 0.6) is 0 Å². The molecular formula is C29H46N4O5S. The third-order valence-corrected chi connectivity index (χ3v) is 11.0. The molecule has 0 aromatic carbocycles. The Morgan fingerprint density at radius 1 is 1.15 bits per heavy atom. The minimum absolute atomic E-state index is 0.0216. The van der Waals surface area contributed by atoms with E-state index in [-0.39, 0.29) is 24.3 Å². The van der Waals surface area contributed by atoms with Crippen molar-refractivity contribution in [1.29, 1.82) is 0 Å². The van der Waals surface area contributed by atoms with Gasteiger partial charge in [-0.15, -0.1) is 24.9 Å². The highest BCUT2D eigenvalue weighted by molar-refractivity contribution is 8.02. The fraction of sp³-hybridized carbons (Fsp3) is 0.759. The molecule has 4 fully saturated rings. The molecule has 4 saturated heterocycles. The quantitative estimate of drug-likeness (QED) is 0.341. The van der Waals surface area contributed by atoms with Gasteiger partial charge in [0.2, 0.25) is 17.7 Å². The van der Waals surface area contributed by atoms with Gasteiger partial charge in [-0.05, 0) is 33.1 Å². The number of aliphatic hydroxyl groups is 1. The summed E-state index contributed by atoms with van der Waals surface area (Å²) in [5.74, 6) is -1.41. The van der Waals surface area contributed by atoms with Gasteiger partial charge in [0.05, 0.1) is 42.4 Å². The second kappa shape index (κ2) is 12.3. The van der Waals surface area contributed by atoms with Gasteiger partial charge in [-0.1, -0.05) is 19.1 Å². The van der Waals surface area contributed by atoms with Gasteiger partial charge in [0, 0.05) is 50.6 Å². The lowest BCUT2D eigenvalue weighted by Crippen LogP contribution is -2.58. The number of ether oxygens (including phenoxy) is 1. The largest absolute Gasteiger partial charge is 0.394 e. The molecule has 39 heavy (non-hydrogen) atoms. The monoisotopic (exact) mass is 562 g/mol. The molecule has 6 atom stereocenters. The average Bonchev–Trinajstić information content (AvgIpc) is 3.51. The summed E-state index contributed by atoms with van der Waals surface area (Å²) in [7, 11) is 0. The van der Waals surface area contributed by atoms with E-state index in [0.29, 0.717) is 45.8 Å². The SMILES string of the molecule is C=CCN(CCN1CCOCC1)C(=O)C1N([C@H](C)CO)C(=O)[C@@H]2[C@@H](C(=O)N(CC=C)CCC)[C@@]3(C)CCC12S3. The Morgan fingerprint density at radius 3 is 2.38 bits per heavy atom. The zero-order chi connectivity index (χ0) is 28.4. The number of likely N-dealkylation sites (tertiary alicyclic amines) is 1. The molecule has 4 rings (SSSR count). The molecule has 0 saturated carbocycles. The summed E-state index contributed by atoms with van der Waals surface area (Å²) >= 11 is 1.68. The Balaban J connectivity index is 1.69. The van der Waals surface area contributed by atoms with E-state index < -0.39 is 33.4 Å². The van der Waals surface area contributed by atoms with E-state index in [9.17, 15) is 19.5 Å². The van der Waals surface area contributed by atoms with E-state index in [1.54, 1.807) is 40.6 Å². The van der Waals surface area contributed by atoms with Crippen molar-refractivity contribution < 1.29 is 24.2 Å². The molecule has 0 radical (unpaired) electrons. The van der Waals surface area contributed by atoms with Crippen molar-refractivity contribution >= 4 is 29.5 Å². The molecule has 218 valence electrons. The van der Waals surface area contributed by atoms with Crippen LogP contribution in [-0.4, -0.2) is 130 Å². The topological polar surface area (TPSA) is 93.6 Å². The van der Waals surface area contributed by atoms with Crippen molar-refractivity contribution in [3.63, 3.8) is 0 Å². The fourth-order valence-corrected chi connectivity index (χ4v) is 9.53. The molecule has 0 aromatic rings. The smallest absolute Gasteiger partial charge is 0.247 e. The molecule has 4 heterocycles. The van der Waals surface area contributed by atoms with Crippen LogP contribution in [0.4, 0.5) is 0 Å². The number of carbonyl (C=O) groups excluding carboxylic acids is 3. The lowest BCUT2D eigenvalue weighted by atomic mass is 9.66. The zero-order valence-corrected chi connectivity index (χ0v) is 24.7. The third-order valence-electron chi connectivity index (χ3n) is 9.06. The van der Waals surface area contributed by atoms with Gasteiger partial charge in [0.1, 0.15) is 6.04 Å². The van der Waals surface area contributed by atoms with Crippen LogP contribution in [0, 0.1) is 11.8 Å². The number of aliphatic hydroxyl groups excluding tert-OH is 1. The van der Waals surface area contributed by atoms with E-state index in [4.69, 9.17) is 4.74 Å². The summed E-state index contributed by atoms with van der Waals surface area (Å²) in [5.41, 5.74) is 0. The van der Waals surface area contributed by atoms with Gasteiger partial charge in [-0.25, -0.2) is 0 Å². The second-order valence-corrected chi connectivity index (χ2v) is 13.5. The molecule has 9 nitrogen and oxygen atoms in total. The highest BCUT2D eigenvalue weighted by Gasteiger charge is 2.77. The summed E-state index contributed by atoms with van der Waals surface area (Å²) in [6.07, 6.45) is 5.74. The third kappa shape index (κ3) is 5.29. The summed E-state index contributed by atoms with van der Waals surface area (Å²) in [4.78, 5) is 50.3. The first-order chi connectivity index (χ1) is 18.7. The van der Waals surface area contributed by atoms with Gasteiger partial charge in [-0.3, -0.25) is 19.3 Å². The average molecular weight is 563 g/mol. The Morgan fingerprint density at radius 2 is 1.79 bits per heavy atom. The van der Waals surface area contributed by atoms with Crippen molar-refractivity contribution in [2.75, 3.05) is 65.6 Å². The number of amides is 3. The molecule has 4 aliphatic rings. The minimum atomic E-state index is -0.731. The van der Waals surface area contributed by atoms with Crippen molar-refractivity contribution in [1.82, 2.24) is 19.6 Å². The van der Waals surface area contributed by atoms with Crippen LogP contribution >= 0.6 is 11.8 Å². The highest BCUT2D eigenvalue weighted by Crippen LogP contribution is 2.71. The summed E-state index contributed by atoms with van der Waals surface area (Å²) < 4.78 is 4.35. The van der Waals surface area contributed by atoms with Crippen LogP contribution in [0.3, 0.4) is 0 Å². The van der Waals surface area contributed by atoms with Gasteiger partial charge < -0.3 is 24.5 Å². The van der Waals surface area contributed by atoms with Crippen molar-refractivity contribution in [2.24, 2.45) is 11.8 Å². The van der Waals surface area contributed by atoms with E-state index in [1.807, 2.05) is 11.8 Å². The molecule has 2 bridgehead atoms. The number of carbonyl (C=O) groups is 3. The van der Waals surface area contributed by atoms with Gasteiger partial charge in [-0.2, -0.15) is 0 Å². The van der Waals surface area contributed by atoms with E-state index >= 15 is 0 Å². The van der Waals surface area contributed by atoms with Crippen molar-refractivity contribution in [3.05, 3.63) is 25.3 Å². The normalized spacial score (nSPS) is 32.7. The Bertz CT molecular complexity index is 958. The minimum Gasteiger partial charge on any atom is -0.394 e. The molecule has 10 heteroatoms. The second-order valence-electron chi connectivity index (χ2n) is 11.6. The Hall–Kier alpha value is -1.88. The Labute approximate surface area is 237 Å². The molecule has 3 amide bonds. The van der Waals surface area contributed by atoms with E-state index in [1.165, 1.54) is 0 Å². The summed E-state index contributed by atoms with van der Waals surface area (Å²) in [6, 6.07) is -1.26. The van der Waals surface area contributed by atoms with Gasteiger partial charge in [0.25, 0.3) is 0 Å². The standard InChI is InChI=1S/C29H46N4O5S/c1-6-11-31(12-7-2)25(35)22-23-26(36)33(21(4)20-34)24(29(23)10-9-28(22,5)39-29)27(37)32(13-8-3)15-14-30-16-18-38-19-17-30/h6,8,21-24,34H,1,3,7,9-20H2,2,4-5H3/t21-,22+,23+,24?,28-,29?/m1/s1. The van der Waals surface area contributed by atoms with Crippen molar-refractivity contribution in [3.8, 4) is 0 Å². The van der Waals surface area contributed by atoms with Gasteiger partial charge in [0.15, 0.2) is 0 Å². The molecular weight excluding hydrogens is 516 g/mol. The predicted molar refractivity (Wildman–Crippen MR) is 153 cm³/mol. The molecule has 4 aliphatic heterocycles. The molecule has 1 spiro atoms. The lowest BCUT2D eigenvalue weighted by molar-refractivity contribution is -0.147. The molecule has 2 unspecified atom stereocenters. The highest BCUT2D eigenvalue weighted by atomic mass is 32.2. The van der Waals surface area contributed by atoms with Crippen LogP contribution in [0.1, 0.15) is 40.0 Å². The van der Waals surface area contributed by atoms with Crippen LogP contribution in [0.25, 0.3) is 0 Å². The fourth-order valence-electron chi connectivity index (χ4n) is 7.20. The van der Waals surface area contributed by atoms with E-state index in [2.05, 4.69) is 25.0 Å². The number of fused-ring (bicyclic) bond motifs is 1. The number of rotatable bonds is 13. The maximum Gasteiger partial charge on any atom is 0.247 e. The number of nitrogens with zero attached hydrogens (tertiary/aromatic N) is 4. The summed E-state index contributed by atoms with van der Waals surface area (Å²) in [6.45, 7) is 19.1. The van der Waals surface area contributed by atoms with Crippen LogP contribution in [0.15, 0.2) is 25.3 Å². The van der Waals surface area contributed by atoms with E-state index in [0.717, 1.165) is 32.5 Å². The number of hydrogen-bond donors (Lipinski definition) is 1.